The summed E-state index contributed by atoms with van der Waals surface area (Å²) in [5, 5.41) is 21.1. The van der Waals surface area contributed by atoms with Crippen molar-refractivity contribution in [3.05, 3.63) is 53.9 Å². The van der Waals surface area contributed by atoms with Crippen LogP contribution in [0.25, 0.3) is 0 Å². The Morgan fingerprint density at radius 3 is 2.52 bits per heavy atom. The zero-order valence-electron chi connectivity index (χ0n) is 16.4. The second kappa shape index (κ2) is 7.82. The van der Waals surface area contributed by atoms with E-state index in [0.29, 0.717) is 12.8 Å². The molecule has 2 aromatic rings. The van der Waals surface area contributed by atoms with Crippen LogP contribution in [0.1, 0.15) is 50.8 Å². The van der Waals surface area contributed by atoms with Crippen LogP contribution in [-0.2, 0) is 15.7 Å². The van der Waals surface area contributed by atoms with Gasteiger partial charge in [0.25, 0.3) is 0 Å². The number of carbonyl (C=O) groups is 1. The fourth-order valence-electron chi connectivity index (χ4n) is 3.60. The lowest BCUT2D eigenvalue weighted by atomic mass is 9.86. The van der Waals surface area contributed by atoms with Crippen LogP contribution in [0.5, 0.6) is 0 Å². The van der Waals surface area contributed by atoms with Crippen LogP contribution in [0.2, 0.25) is 0 Å². The average molecular weight is 370 g/mol. The normalized spacial score (nSPS) is 18.1. The third-order valence-electron chi connectivity index (χ3n) is 5.41. The molecule has 3 N–H and O–H groups in total. The Hall–Kier alpha value is -2.18. The predicted molar refractivity (Wildman–Crippen MR) is 105 cm³/mol. The number of piperidine rings is 1. The Labute approximate surface area is 161 Å². The number of hydrogen-bond acceptors (Lipinski definition) is 4. The first-order valence-corrected chi connectivity index (χ1v) is 9.61. The van der Waals surface area contributed by atoms with Crippen molar-refractivity contribution < 1.29 is 9.90 Å². The Morgan fingerprint density at radius 2 is 1.96 bits per heavy atom. The van der Waals surface area contributed by atoms with E-state index in [2.05, 4.69) is 36.5 Å². The monoisotopic (exact) mass is 370 g/mol. The van der Waals surface area contributed by atoms with E-state index in [1.54, 1.807) is 10.9 Å². The summed E-state index contributed by atoms with van der Waals surface area (Å²) in [4.78, 5) is 13.0. The summed E-state index contributed by atoms with van der Waals surface area (Å²) in [6.07, 6.45) is 4.16. The van der Waals surface area contributed by atoms with E-state index in [0.717, 1.165) is 18.7 Å². The first-order valence-electron chi connectivity index (χ1n) is 9.61. The number of nitrogens with zero attached hydrogens (tertiary/aromatic N) is 2. The molecule has 6 heteroatoms. The molecule has 1 aromatic heterocycles. The van der Waals surface area contributed by atoms with Crippen LogP contribution >= 0.6 is 0 Å². The van der Waals surface area contributed by atoms with E-state index in [-0.39, 0.29) is 17.9 Å². The number of rotatable bonds is 5. The molecule has 1 saturated heterocycles. The number of carbonyl (C=O) groups excluding carboxylic acids is 1. The van der Waals surface area contributed by atoms with Gasteiger partial charge < -0.3 is 15.7 Å². The molecule has 1 aliphatic rings. The van der Waals surface area contributed by atoms with Crippen molar-refractivity contribution in [2.45, 2.75) is 50.7 Å². The number of amides is 1. The predicted octanol–water partition coefficient (Wildman–Crippen LogP) is 2.11. The van der Waals surface area contributed by atoms with Gasteiger partial charge in [-0.2, -0.15) is 5.10 Å². The summed E-state index contributed by atoms with van der Waals surface area (Å²) < 4.78 is 1.76. The van der Waals surface area contributed by atoms with Crippen molar-refractivity contribution >= 4 is 5.91 Å². The van der Waals surface area contributed by atoms with Gasteiger partial charge in [0.15, 0.2) is 0 Å². The molecule has 146 valence electrons. The highest BCUT2D eigenvalue weighted by atomic mass is 16.3. The standard InChI is InChI=1S/C21H30N4O2/c1-20(2,3)17-7-5-16(6-8-17)18(26)15-23-19(27)21(9-12-22-13-10-21)25-14-4-11-24-25/h4-8,11,14,18,22,26H,9-10,12-13,15H2,1-3H3,(H,23,27). The number of nitrogens with one attached hydrogen (secondary N) is 2. The maximum absolute atomic E-state index is 13.0. The van der Waals surface area contributed by atoms with E-state index >= 15 is 0 Å². The molecule has 27 heavy (non-hydrogen) atoms. The second-order valence-corrected chi connectivity index (χ2v) is 8.33. The van der Waals surface area contributed by atoms with Crippen LogP contribution in [0, 0.1) is 0 Å². The largest absolute Gasteiger partial charge is 0.387 e. The van der Waals surface area contributed by atoms with Crippen LogP contribution in [0.3, 0.4) is 0 Å². The van der Waals surface area contributed by atoms with Gasteiger partial charge in [0, 0.05) is 18.9 Å². The highest BCUT2D eigenvalue weighted by Gasteiger charge is 2.41. The van der Waals surface area contributed by atoms with E-state index in [1.807, 2.05) is 36.5 Å². The van der Waals surface area contributed by atoms with E-state index in [4.69, 9.17) is 0 Å². The van der Waals surface area contributed by atoms with Crippen LogP contribution in [-0.4, -0.2) is 40.4 Å². The Balaban J connectivity index is 1.67. The smallest absolute Gasteiger partial charge is 0.248 e. The maximum atomic E-state index is 13.0. The van der Waals surface area contributed by atoms with Crippen LogP contribution in [0.4, 0.5) is 0 Å². The Morgan fingerprint density at radius 1 is 1.30 bits per heavy atom. The third-order valence-corrected chi connectivity index (χ3v) is 5.41. The van der Waals surface area contributed by atoms with Crippen molar-refractivity contribution in [1.29, 1.82) is 0 Å². The molecule has 2 heterocycles. The van der Waals surface area contributed by atoms with Gasteiger partial charge in [-0.15, -0.1) is 0 Å². The van der Waals surface area contributed by atoms with Crippen molar-refractivity contribution in [1.82, 2.24) is 20.4 Å². The third kappa shape index (κ3) is 4.22. The van der Waals surface area contributed by atoms with Crippen LogP contribution in [0.15, 0.2) is 42.7 Å². The van der Waals surface area contributed by atoms with Crippen molar-refractivity contribution in [3.63, 3.8) is 0 Å². The van der Waals surface area contributed by atoms with E-state index in [9.17, 15) is 9.90 Å². The quantitative estimate of drug-likeness (QED) is 0.753. The molecule has 1 aromatic carbocycles. The number of aromatic nitrogens is 2. The fraction of sp³-hybridized carbons (Fsp3) is 0.524. The molecule has 1 aliphatic heterocycles. The van der Waals surface area contributed by atoms with Crippen molar-refractivity contribution in [2.24, 2.45) is 0 Å². The van der Waals surface area contributed by atoms with Gasteiger partial charge in [-0.1, -0.05) is 45.0 Å². The molecule has 0 aliphatic carbocycles. The van der Waals surface area contributed by atoms with Crippen molar-refractivity contribution in [3.8, 4) is 0 Å². The first kappa shape index (κ1) is 19.6. The molecule has 6 nitrogen and oxygen atoms in total. The van der Waals surface area contributed by atoms with E-state index < -0.39 is 11.6 Å². The second-order valence-electron chi connectivity index (χ2n) is 8.33. The number of hydrogen-bond donors (Lipinski definition) is 3. The van der Waals surface area contributed by atoms with Crippen molar-refractivity contribution in [2.75, 3.05) is 19.6 Å². The Kier molecular flexibility index (Phi) is 5.67. The number of aliphatic hydroxyl groups excluding tert-OH is 1. The van der Waals surface area contributed by atoms with Gasteiger partial charge in [0.1, 0.15) is 5.54 Å². The number of aliphatic hydroxyl groups is 1. The lowest BCUT2D eigenvalue weighted by Crippen LogP contribution is -2.55. The molecule has 1 fully saturated rings. The lowest BCUT2D eigenvalue weighted by Gasteiger charge is -2.36. The summed E-state index contributed by atoms with van der Waals surface area (Å²) in [6.45, 7) is 8.20. The highest BCUT2D eigenvalue weighted by molar-refractivity contribution is 5.84. The zero-order chi connectivity index (χ0) is 19.5. The molecule has 0 saturated carbocycles. The molecule has 1 atom stereocenters. The first-order chi connectivity index (χ1) is 12.8. The zero-order valence-corrected chi connectivity index (χ0v) is 16.4. The van der Waals surface area contributed by atoms with Crippen LogP contribution < -0.4 is 10.6 Å². The molecule has 3 rings (SSSR count). The molecule has 0 spiro atoms. The minimum atomic E-state index is -0.737. The maximum Gasteiger partial charge on any atom is 0.248 e. The Bertz CT molecular complexity index is 741. The van der Waals surface area contributed by atoms with Gasteiger partial charge in [-0.05, 0) is 48.5 Å². The molecule has 0 radical (unpaired) electrons. The summed E-state index contributed by atoms with van der Waals surface area (Å²) in [7, 11) is 0. The molecular formula is C21H30N4O2. The highest BCUT2D eigenvalue weighted by Crippen LogP contribution is 2.28. The van der Waals surface area contributed by atoms with Gasteiger partial charge in [-0.25, -0.2) is 0 Å². The van der Waals surface area contributed by atoms with Gasteiger partial charge >= 0.3 is 0 Å². The average Bonchev–Trinajstić information content (AvgIpc) is 3.21. The summed E-state index contributed by atoms with van der Waals surface area (Å²) in [5.74, 6) is -0.0851. The van der Waals surface area contributed by atoms with Gasteiger partial charge in [-0.3, -0.25) is 9.48 Å². The summed E-state index contributed by atoms with van der Waals surface area (Å²) in [6, 6.07) is 9.79. The topological polar surface area (TPSA) is 79.2 Å². The van der Waals surface area contributed by atoms with Gasteiger partial charge in [0.2, 0.25) is 5.91 Å². The van der Waals surface area contributed by atoms with Gasteiger partial charge in [0.05, 0.1) is 6.10 Å². The number of benzene rings is 1. The molecule has 1 unspecified atom stereocenters. The minimum absolute atomic E-state index is 0.0723. The van der Waals surface area contributed by atoms with E-state index in [1.165, 1.54) is 5.56 Å². The lowest BCUT2D eigenvalue weighted by molar-refractivity contribution is -0.132. The summed E-state index contributed by atoms with van der Waals surface area (Å²) in [5.41, 5.74) is 1.41. The SMILES string of the molecule is CC(C)(C)c1ccc(C(O)CNC(=O)C2(n3cccn3)CCNCC2)cc1. The fourth-order valence-corrected chi connectivity index (χ4v) is 3.60. The summed E-state index contributed by atoms with van der Waals surface area (Å²) >= 11 is 0. The minimum Gasteiger partial charge on any atom is -0.387 e. The molecule has 0 bridgehead atoms. The molecule has 1 amide bonds. The molecular weight excluding hydrogens is 340 g/mol.